The lowest BCUT2D eigenvalue weighted by atomic mass is 9.82. The summed E-state index contributed by atoms with van der Waals surface area (Å²) >= 11 is 0. The van der Waals surface area contributed by atoms with Crippen LogP contribution in [0.3, 0.4) is 0 Å². The van der Waals surface area contributed by atoms with Crippen molar-refractivity contribution in [2.75, 3.05) is 0 Å². The van der Waals surface area contributed by atoms with Crippen molar-refractivity contribution in [3.05, 3.63) is 59.2 Å². The lowest BCUT2D eigenvalue weighted by Crippen LogP contribution is -2.23. The van der Waals surface area contributed by atoms with E-state index in [0.717, 1.165) is 17.7 Å². The molecule has 4 nitrogen and oxygen atoms in total. The fraction of sp³-hybridized carbons (Fsp3) is 0.440. The van der Waals surface area contributed by atoms with E-state index in [0.29, 0.717) is 11.8 Å². The Kier molecular flexibility index (Phi) is 4.76. The normalized spacial score (nSPS) is 13.7. The molecule has 4 aromatic heterocycles. The number of aromatic nitrogens is 4. The Morgan fingerprint density at radius 1 is 1.14 bits per heavy atom. The highest BCUT2D eigenvalue weighted by Gasteiger charge is 2.27. The number of pyridine rings is 2. The molecule has 0 bridgehead atoms. The summed E-state index contributed by atoms with van der Waals surface area (Å²) in [5.74, 6) is 1.09. The van der Waals surface area contributed by atoms with E-state index < -0.39 is 0 Å². The van der Waals surface area contributed by atoms with Crippen LogP contribution in [0, 0.1) is 12.8 Å². The molecule has 0 amide bonds. The fourth-order valence-corrected chi connectivity index (χ4v) is 4.69. The minimum absolute atomic E-state index is 0.0278. The van der Waals surface area contributed by atoms with Crippen LogP contribution in [0.2, 0.25) is 0 Å². The number of hydrogen-bond donors (Lipinski definition) is 1. The van der Waals surface area contributed by atoms with Crippen LogP contribution in [0.15, 0.2) is 36.7 Å². The number of nitrogens with one attached hydrogen (secondary N) is 1. The molecule has 4 rings (SSSR count). The monoisotopic (exact) mass is 388 g/mol. The Balaban J connectivity index is 1.74. The van der Waals surface area contributed by atoms with Gasteiger partial charge in [-0.2, -0.15) is 0 Å². The molecule has 4 aromatic rings. The van der Waals surface area contributed by atoms with Crippen LogP contribution < -0.4 is 0 Å². The minimum Gasteiger partial charge on any atom is -0.343 e. The molecular formula is C25H32N4. The summed E-state index contributed by atoms with van der Waals surface area (Å²) in [7, 11) is 2.12. The number of fused-ring (bicyclic) bond motifs is 2. The molecule has 1 N–H and O–H groups in total. The highest BCUT2D eigenvalue weighted by atomic mass is 15.0. The van der Waals surface area contributed by atoms with E-state index in [9.17, 15) is 0 Å². The van der Waals surface area contributed by atoms with Crippen LogP contribution in [-0.2, 0) is 18.9 Å². The fourth-order valence-electron chi connectivity index (χ4n) is 4.69. The van der Waals surface area contributed by atoms with Gasteiger partial charge in [0.05, 0.1) is 0 Å². The molecule has 4 heterocycles. The molecule has 0 radical (unpaired) electrons. The summed E-state index contributed by atoms with van der Waals surface area (Å²) in [6.07, 6.45) is 4.83. The highest BCUT2D eigenvalue weighted by Crippen LogP contribution is 2.35. The molecule has 0 aliphatic heterocycles. The first-order valence-electron chi connectivity index (χ1n) is 10.6. The third-order valence-corrected chi connectivity index (χ3v) is 6.53. The van der Waals surface area contributed by atoms with Crippen LogP contribution in [0.4, 0.5) is 0 Å². The van der Waals surface area contributed by atoms with Crippen molar-refractivity contribution in [3.63, 3.8) is 0 Å². The van der Waals surface area contributed by atoms with Crippen LogP contribution in [-0.4, -0.2) is 19.5 Å². The number of hydrogen-bond acceptors (Lipinski definition) is 2. The van der Waals surface area contributed by atoms with Gasteiger partial charge in [0.2, 0.25) is 0 Å². The van der Waals surface area contributed by atoms with Crippen LogP contribution in [0.1, 0.15) is 63.1 Å². The second-order valence-corrected chi connectivity index (χ2v) is 9.50. The van der Waals surface area contributed by atoms with Gasteiger partial charge in [0.1, 0.15) is 11.3 Å². The first kappa shape index (κ1) is 19.7. The van der Waals surface area contributed by atoms with Crippen molar-refractivity contribution in [2.24, 2.45) is 13.0 Å². The van der Waals surface area contributed by atoms with Gasteiger partial charge in [-0.3, -0.25) is 0 Å². The van der Waals surface area contributed by atoms with Crippen LogP contribution in [0.5, 0.6) is 0 Å². The molecule has 152 valence electrons. The van der Waals surface area contributed by atoms with E-state index in [1.54, 1.807) is 0 Å². The van der Waals surface area contributed by atoms with Gasteiger partial charge in [0.25, 0.3) is 0 Å². The molecule has 0 aromatic carbocycles. The molecule has 0 aliphatic carbocycles. The summed E-state index contributed by atoms with van der Waals surface area (Å²) in [6, 6.07) is 8.77. The van der Waals surface area contributed by atoms with Crippen LogP contribution in [0.25, 0.3) is 22.1 Å². The molecular weight excluding hydrogens is 356 g/mol. The Labute approximate surface area is 173 Å². The van der Waals surface area contributed by atoms with E-state index in [1.165, 1.54) is 33.3 Å². The van der Waals surface area contributed by atoms with Crippen LogP contribution >= 0.6 is 0 Å². The number of aryl methyl sites for hydroxylation is 2. The summed E-state index contributed by atoms with van der Waals surface area (Å²) in [6.45, 7) is 13.7. The standard InChI is InChI=1S/C25H32N4/c1-15(2)16(3)22-17(4)28-23-20(22)11-18(14-27-23)13-25(5,6)21-12-19-9-8-10-26-24(19)29(21)7/h8-12,14-16H,13H2,1-7H3,(H,27,28). The van der Waals surface area contributed by atoms with Gasteiger partial charge in [-0.05, 0) is 60.6 Å². The van der Waals surface area contributed by atoms with E-state index in [1.807, 2.05) is 18.5 Å². The van der Waals surface area contributed by atoms with Gasteiger partial charge in [0, 0.05) is 47.0 Å². The second kappa shape index (κ2) is 7.01. The van der Waals surface area contributed by atoms with E-state index in [4.69, 9.17) is 4.98 Å². The van der Waals surface area contributed by atoms with Crippen molar-refractivity contribution in [3.8, 4) is 0 Å². The van der Waals surface area contributed by atoms with Crippen molar-refractivity contribution in [1.82, 2.24) is 19.5 Å². The molecule has 0 fully saturated rings. The van der Waals surface area contributed by atoms with Crippen molar-refractivity contribution in [2.45, 2.75) is 59.3 Å². The first-order chi connectivity index (χ1) is 13.7. The summed E-state index contributed by atoms with van der Waals surface area (Å²) in [5.41, 5.74) is 7.24. The van der Waals surface area contributed by atoms with Gasteiger partial charge >= 0.3 is 0 Å². The molecule has 0 spiro atoms. The predicted octanol–water partition coefficient (Wildman–Crippen LogP) is 6.04. The molecule has 0 saturated heterocycles. The summed E-state index contributed by atoms with van der Waals surface area (Å²) in [4.78, 5) is 12.8. The highest BCUT2D eigenvalue weighted by molar-refractivity contribution is 5.82. The van der Waals surface area contributed by atoms with Gasteiger partial charge in [0.15, 0.2) is 0 Å². The number of nitrogens with zero attached hydrogens (tertiary/aromatic N) is 3. The summed E-state index contributed by atoms with van der Waals surface area (Å²) < 4.78 is 2.23. The smallest absolute Gasteiger partial charge is 0.139 e. The Morgan fingerprint density at radius 3 is 2.59 bits per heavy atom. The van der Waals surface area contributed by atoms with Crippen molar-refractivity contribution < 1.29 is 0 Å². The molecule has 4 heteroatoms. The Hall–Kier alpha value is -2.62. The topological polar surface area (TPSA) is 46.5 Å². The van der Waals surface area contributed by atoms with Crippen molar-refractivity contribution in [1.29, 1.82) is 0 Å². The molecule has 0 aliphatic rings. The number of aromatic amines is 1. The van der Waals surface area contributed by atoms with Gasteiger partial charge < -0.3 is 9.55 Å². The second-order valence-electron chi connectivity index (χ2n) is 9.50. The lowest BCUT2D eigenvalue weighted by molar-refractivity contribution is 0.488. The average Bonchev–Trinajstić information content (AvgIpc) is 3.18. The zero-order valence-electron chi connectivity index (χ0n) is 18.7. The quantitative estimate of drug-likeness (QED) is 0.453. The van der Waals surface area contributed by atoms with Gasteiger partial charge in [-0.25, -0.2) is 9.97 Å². The first-order valence-corrected chi connectivity index (χ1v) is 10.6. The lowest BCUT2D eigenvalue weighted by Gasteiger charge is -2.26. The molecule has 29 heavy (non-hydrogen) atoms. The SMILES string of the molecule is Cc1[nH]c2ncc(CC(C)(C)c3cc4cccnc4n3C)cc2c1C(C)C(C)C. The molecule has 1 unspecified atom stereocenters. The van der Waals surface area contributed by atoms with Crippen molar-refractivity contribution >= 4 is 22.1 Å². The number of rotatable bonds is 5. The van der Waals surface area contributed by atoms with E-state index in [-0.39, 0.29) is 5.41 Å². The Morgan fingerprint density at radius 2 is 1.90 bits per heavy atom. The third-order valence-electron chi connectivity index (χ3n) is 6.53. The van der Waals surface area contributed by atoms with E-state index >= 15 is 0 Å². The maximum atomic E-state index is 4.77. The van der Waals surface area contributed by atoms with Gasteiger partial charge in [-0.1, -0.05) is 34.6 Å². The zero-order valence-corrected chi connectivity index (χ0v) is 18.7. The maximum Gasteiger partial charge on any atom is 0.139 e. The average molecular weight is 389 g/mol. The maximum absolute atomic E-state index is 4.77. The largest absolute Gasteiger partial charge is 0.343 e. The van der Waals surface area contributed by atoms with E-state index in [2.05, 4.69) is 81.3 Å². The minimum atomic E-state index is -0.0278. The van der Waals surface area contributed by atoms with Gasteiger partial charge in [-0.15, -0.1) is 0 Å². The number of H-pyrrole nitrogens is 1. The third kappa shape index (κ3) is 3.35. The predicted molar refractivity (Wildman–Crippen MR) is 122 cm³/mol. The summed E-state index contributed by atoms with van der Waals surface area (Å²) in [5, 5.41) is 2.47. The zero-order chi connectivity index (χ0) is 20.9. The Bertz CT molecular complexity index is 1180. The molecule has 0 saturated carbocycles. The molecule has 1 atom stereocenters.